The third-order valence-corrected chi connectivity index (χ3v) is 2.52. The number of nitrogens with one attached hydrogen (secondary N) is 1. The maximum atomic E-state index is 8.99. The van der Waals surface area contributed by atoms with Crippen LogP contribution in [0, 0.1) is 5.92 Å². The first-order chi connectivity index (χ1) is 5.76. The van der Waals surface area contributed by atoms with Crippen molar-refractivity contribution in [1.29, 1.82) is 0 Å². The van der Waals surface area contributed by atoms with Crippen LogP contribution in [0.25, 0.3) is 0 Å². The Morgan fingerprint density at radius 3 is 2.42 bits per heavy atom. The number of rotatable bonds is 7. The van der Waals surface area contributed by atoms with Gasteiger partial charge in [-0.15, -0.1) is 0 Å². The Morgan fingerprint density at radius 1 is 1.33 bits per heavy atom. The molecule has 0 radical (unpaired) electrons. The van der Waals surface area contributed by atoms with Gasteiger partial charge in [-0.25, -0.2) is 0 Å². The first kappa shape index (κ1) is 11.9. The number of likely N-dealkylation sites (N-methyl/N-ethyl adjacent to an activating group) is 1. The standard InChI is InChI=1S/C10H23NO/c1-4-5-6-7-9(2)10(8-12)11-3/h9-12H,4-8H2,1-3H3. The Morgan fingerprint density at radius 2 is 2.00 bits per heavy atom. The summed E-state index contributed by atoms with van der Waals surface area (Å²) in [5.74, 6) is 0.589. The van der Waals surface area contributed by atoms with E-state index in [0.717, 1.165) is 0 Å². The molecule has 0 amide bonds. The van der Waals surface area contributed by atoms with E-state index in [4.69, 9.17) is 5.11 Å². The smallest absolute Gasteiger partial charge is 0.0587 e. The maximum absolute atomic E-state index is 8.99. The number of hydrogen-bond donors (Lipinski definition) is 2. The molecule has 74 valence electrons. The highest BCUT2D eigenvalue weighted by Gasteiger charge is 2.12. The zero-order valence-electron chi connectivity index (χ0n) is 8.64. The van der Waals surface area contributed by atoms with E-state index in [0.29, 0.717) is 5.92 Å². The summed E-state index contributed by atoms with van der Waals surface area (Å²) in [6, 6.07) is 0.279. The Kier molecular flexibility index (Phi) is 7.51. The largest absolute Gasteiger partial charge is 0.395 e. The number of hydrogen-bond acceptors (Lipinski definition) is 2. The Bertz CT molecular complexity index is 91.8. The van der Waals surface area contributed by atoms with Gasteiger partial charge in [-0.2, -0.15) is 0 Å². The topological polar surface area (TPSA) is 32.3 Å². The van der Waals surface area contributed by atoms with Gasteiger partial charge in [0.25, 0.3) is 0 Å². The van der Waals surface area contributed by atoms with Crippen molar-refractivity contribution in [1.82, 2.24) is 5.32 Å². The Balaban J connectivity index is 3.47. The average molecular weight is 173 g/mol. The minimum atomic E-state index is 0.254. The van der Waals surface area contributed by atoms with Gasteiger partial charge in [0, 0.05) is 6.04 Å². The molecule has 0 aromatic heterocycles. The molecular formula is C10H23NO. The predicted octanol–water partition coefficient (Wildman–Crippen LogP) is 1.78. The molecular weight excluding hydrogens is 150 g/mol. The van der Waals surface area contributed by atoms with E-state index < -0.39 is 0 Å². The fourth-order valence-corrected chi connectivity index (χ4v) is 1.47. The third-order valence-electron chi connectivity index (χ3n) is 2.52. The van der Waals surface area contributed by atoms with Gasteiger partial charge in [-0.05, 0) is 19.4 Å². The van der Waals surface area contributed by atoms with Crippen molar-refractivity contribution in [2.24, 2.45) is 5.92 Å². The highest BCUT2D eigenvalue weighted by atomic mass is 16.3. The monoisotopic (exact) mass is 173 g/mol. The highest BCUT2D eigenvalue weighted by molar-refractivity contribution is 4.70. The molecule has 0 bridgehead atoms. The van der Waals surface area contributed by atoms with Crippen LogP contribution in [0.2, 0.25) is 0 Å². The quantitative estimate of drug-likeness (QED) is 0.575. The van der Waals surface area contributed by atoms with Crippen LogP contribution in [0.15, 0.2) is 0 Å². The zero-order valence-corrected chi connectivity index (χ0v) is 8.64. The summed E-state index contributed by atoms with van der Waals surface area (Å²) in [5, 5.41) is 12.1. The molecule has 2 nitrogen and oxygen atoms in total. The summed E-state index contributed by atoms with van der Waals surface area (Å²) >= 11 is 0. The fourth-order valence-electron chi connectivity index (χ4n) is 1.47. The molecule has 12 heavy (non-hydrogen) atoms. The predicted molar refractivity (Wildman–Crippen MR) is 53.2 cm³/mol. The van der Waals surface area contributed by atoms with E-state index in [-0.39, 0.29) is 12.6 Å². The van der Waals surface area contributed by atoms with Crippen molar-refractivity contribution in [2.45, 2.75) is 45.6 Å². The Hall–Kier alpha value is -0.0800. The lowest BCUT2D eigenvalue weighted by atomic mass is 9.96. The van der Waals surface area contributed by atoms with Gasteiger partial charge in [0.15, 0.2) is 0 Å². The van der Waals surface area contributed by atoms with E-state index in [1.165, 1.54) is 25.7 Å². The molecule has 0 aromatic carbocycles. The van der Waals surface area contributed by atoms with Gasteiger partial charge in [0.1, 0.15) is 0 Å². The van der Waals surface area contributed by atoms with Crippen LogP contribution in [0.3, 0.4) is 0 Å². The normalized spacial score (nSPS) is 16.0. The molecule has 2 unspecified atom stereocenters. The molecule has 2 heteroatoms. The van der Waals surface area contributed by atoms with Crippen LogP contribution in [0.4, 0.5) is 0 Å². The lowest BCUT2D eigenvalue weighted by Crippen LogP contribution is -2.35. The van der Waals surface area contributed by atoms with Crippen molar-refractivity contribution < 1.29 is 5.11 Å². The van der Waals surface area contributed by atoms with E-state index in [2.05, 4.69) is 19.2 Å². The van der Waals surface area contributed by atoms with Gasteiger partial charge in [0.05, 0.1) is 6.61 Å². The number of aliphatic hydroxyl groups is 1. The highest BCUT2D eigenvalue weighted by Crippen LogP contribution is 2.12. The van der Waals surface area contributed by atoms with Crippen LogP contribution < -0.4 is 5.32 Å². The molecule has 2 N–H and O–H groups in total. The fraction of sp³-hybridized carbons (Fsp3) is 1.00. The van der Waals surface area contributed by atoms with Crippen LogP contribution in [-0.2, 0) is 0 Å². The molecule has 0 aliphatic carbocycles. The molecule has 0 saturated carbocycles. The molecule has 0 spiro atoms. The minimum Gasteiger partial charge on any atom is -0.395 e. The molecule has 0 aliphatic heterocycles. The second-order valence-electron chi connectivity index (χ2n) is 3.55. The van der Waals surface area contributed by atoms with Crippen LogP contribution >= 0.6 is 0 Å². The van der Waals surface area contributed by atoms with Crippen LogP contribution in [-0.4, -0.2) is 24.8 Å². The number of aliphatic hydroxyl groups excluding tert-OH is 1. The minimum absolute atomic E-state index is 0.254. The summed E-state index contributed by atoms with van der Waals surface area (Å²) in [6.45, 7) is 4.67. The first-order valence-electron chi connectivity index (χ1n) is 5.04. The molecule has 0 rings (SSSR count). The molecule has 0 aliphatic rings. The van der Waals surface area contributed by atoms with Crippen molar-refractivity contribution in [3.8, 4) is 0 Å². The lowest BCUT2D eigenvalue weighted by molar-refractivity contribution is 0.205. The number of unbranched alkanes of at least 4 members (excludes halogenated alkanes) is 2. The van der Waals surface area contributed by atoms with E-state index in [1.807, 2.05) is 7.05 Å². The van der Waals surface area contributed by atoms with E-state index in [1.54, 1.807) is 0 Å². The summed E-state index contributed by atoms with van der Waals surface area (Å²) in [7, 11) is 1.91. The molecule has 0 fully saturated rings. The van der Waals surface area contributed by atoms with Gasteiger partial charge in [0.2, 0.25) is 0 Å². The van der Waals surface area contributed by atoms with Crippen LogP contribution in [0.1, 0.15) is 39.5 Å². The lowest BCUT2D eigenvalue weighted by Gasteiger charge is -2.20. The van der Waals surface area contributed by atoms with Gasteiger partial charge in [-0.3, -0.25) is 0 Å². The summed E-state index contributed by atoms with van der Waals surface area (Å²) in [5.41, 5.74) is 0. The van der Waals surface area contributed by atoms with E-state index >= 15 is 0 Å². The molecule has 0 aromatic rings. The SMILES string of the molecule is CCCCCC(C)C(CO)NC. The van der Waals surface area contributed by atoms with Gasteiger partial charge < -0.3 is 10.4 Å². The van der Waals surface area contributed by atoms with Gasteiger partial charge >= 0.3 is 0 Å². The van der Waals surface area contributed by atoms with Crippen molar-refractivity contribution >= 4 is 0 Å². The molecule has 0 heterocycles. The maximum Gasteiger partial charge on any atom is 0.0587 e. The van der Waals surface area contributed by atoms with Crippen LogP contribution in [0.5, 0.6) is 0 Å². The summed E-state index contributed by atoms with van der Waals surface area (Å²) in [6.07, 6.45) is 5.10. The second kappa shape index (κ2) is 7.56. The van der Waals surface area contributed by atoms with Crippen molar-refractivity contribution in [3.63, 3.8) is 0 Å². The molecule has 2 atom stereocenters. The van der Waals surface area contributed by atoms with Gasteiger partial charge in [-0.1, -0.05) is 33.1 Å². The average Bonchev–Trinajstić information content (AvgIpc) is 2.07. The second-order valence-corrected chi connectivity index (χ2v) is 3.55. The summed E-state index contributed by atoms with van der Waals surface area (Å²) in [4.78, 5) is 0. The van der Waals surface area contributed by atoms with Crippen molar-refractivity contribution in [2.75, 3.05) is 13.7 Å². The van der Waals surface area contributed by atoms with Crippen molar-refractivity contribution in [3.05, 3.63) is 0 Å². The summed E-state index contributed by atoms with van der Waals surface area (Å²) < 4.78 is 0. The third kappa shape index (κ3) is 4.73. The van der Waals surface area contributed by atoms with E-state index in [9.17, 15) is 0 Å². The molecule has 0 saturated heterocycles. The zero-order chi connectivity index (χ0) is 9.40. The Labute approximate surface area is 76.4 Å². The first-order valence-corrected chi connectivity index (χ1v) is 5.04.